The van der Waals surface area contributed by atoms with Crippen LogP contribution < -0.4 is 4.74 Å². The number of esters is 1. The molecular weight excluding hydrogens is 276 g/mol. The van der Waals surface area contributed by atoms with Crippen molar-refractivity contribution >= 4 is 29.2 Å². The van der Waals surface area contributed by atoms with Crippen LogP contribution >= 0.6 is 11.3 Å². The summed E-state index contributed by atoms with van der Waals surface area (Å²) in [5.41, 5.74) is 0.719. The van der Waals surface area contributed by atoms with E-state index in [1.807, 2.05) is 17.5 Å². The summed E-state index contributed by atoms with van der Waals surface area (Å²) in [7, 11) is 1.30. The van der Waals surface area contributed by atoms with E-state index in [4.69, 9.17) is 4.74 Å². The van der Waals surface area contributed by atoms with E-state index in [0.717, 1.165) is 4.88 Å². The smallest absolute Gasteiger partial charge is 0.337 e. The average molecular weight is 286 g/mol. The molecule has 1 aromatic heterocycles. The number of rotatable bonds is 2. The van der Waals surface area contributed by atoms with Gasteiger partial charge in [-0.25, -0.2) is 4.79 Å². The highest BCUT2D eigenvalue weighted by atomic mass is 32.1. The zero-order valence-electron chi connectivity index (χ0n) is 10.6. The molecule has 20 heavy (non-hydrogen) atoms. The maximum absolute atomic E-state index is 12.2. The van der Waals surface area contributed by atoms with E-state index >= 15 is 0 Å². The number of benzene rings is 1. The third kappa shape index (κ3) is 2.12. The van der Waals surface area contributed by atoms with Crippen molar-refractivity contribution in [2.24, 2.45) is 0 Å². The van der Waals surface area contributed by atoms with E-state index < -0.39 is 5.97 Å². The summed E-state index contributed by atoms with van der Waals surface area (Å²) in [6.07, 6.45) is 1.70. The number of Topliss-reactive ketones (excluding diaryl/α,β-unsaturated/α-hetero) is 1. The first-order valence-electron chi connectivity index (χ1n) is 5.89. The number of hydrogen-bond acceptors (Lipinski definition) is 5. The second-order valence-electron chi connectivity index (χ2n) is 4.16. The number of ether oxygens (including phenoxy) is 2. The molecule has 1 aromatic carbocycles. The summed E-state index contributed by atoms with van der Waals surface area (Å²) >= 11 is 1.52. The van der Waals surface area contributed by atoms with E-state index in [1.165, 1.54) is 24.5 Å². The fourth-order valence-electron chi connectivity index (χ4n) is 1.94. The maximum atomic E-state index is 12.2. The van der Waals surface area contributed by atoms with Gasteiger partial charge in [-0.3, -0.25) is 4.79 Å². The van der Waals surface area contributed by atoms with Crippen molar-refractivity contribution < 1.29 is 19.1 Å². The zero-order valence-corrected chi connectivity index (χ0v) is 11.4. The van der Waals surface area contributed by atoms with E-state index in [2.05, 4.69) is 4.74 Å². The number of carbonyl (C=O) groups is 2. The quantitative estimate of drug-likeness (QED) is 0.628. The van der Waals surface area contributed by atoms with E-state index in [0.29, 0.717) is 16.9 Å². The lowest BCUT2D eigenvalue weighted by molar-refractivity contribution is 0.0600. The van der Waals surface area contributed by atoms with Gasteiger partial charge >= 0.3 is 5.97 Å². The summed E-state index contributed by atoms with van der Waals surface area (Å²) in [5.74, 6) is 0.0327. The number of methoxy groups -OCH3 is 1. The molecule has 100 valence electrons. The number of allylic oxidation sites excluding steroid dienone is 1. The SMILES string of the molecule is COC(=O)c1ccc2c(c1)C(=O)/C(=C\c1cccs1)O2. The van der Waals surface area contributed by atoms with E-state index in [1.54, 1.807) is 18.2 Å². The average Bonchev–Trinajstić information content (AvgIpc) is 3.08. The van der Waals surface area contributed by atoms with Gasteiger partial charge in [0.05, 0.1) is 18.2 Å². The standard InChI is InChI=1S/C15H10O4S/c1-18-15(17)9-4-5-12-11(7-9)14(16)13(19-12)8-10-3-2-6-20-10/h2-8H,1H3/b13-8+. The van der Waals surface area contributed by atoms with Crippen molar-refractivity contribution in [1.29, 1.82) is 0 Å². The van der Waals surface area contributed by atoms with Gasteiger partial charge in [0, 0.05) is 11.0 Å². The van der Waals surface area contributed by atoms with Crippen LogP contribution in [-0.2, 0) is 4.74 Å². The van der Waals surface area contributed by atoms with Crippen LogP contribution in [0.25, 0.3) is 6.08 Å². The fraction of sp³-hybridized carbons (Fsp3) is 0.0667. The normalized spacial score (nSPS) is 15.1. The summed E-state index contributed by atoms with van der Waals surface area (Å²) in [5, 5.41) is 1.92. The van der Waals surface area contributed by atoms with Gasteiger partial charge in [-0.15, -0.1) is 11.3 Å². The highest BCUT2D eigenvalue weighted by molar-refractivity contribution is 7.10. The molecule has 3 rings (SSSR count). The van der Waals surface area contributed by atoms with Gasteiger partial charge in [-0.1, -0.05) is 6.07 Å². The van der Waals surface area contributed by atoms with Gasteiger partial charge < -0.3 is 9.47 Å². The Hall–Kier alpha value is -2.40. The Bertz CT molecular complexity index is 713. The molecule has 0 bridgehead atoms. The lowest BCUT2D eigenvalue weighted by Crippen LogP contribution is -2.02. The number of hydrogen-bond donors (Lipinski definition) is 0. The summed E-state index contributed by atoms with van der Waals surface area (Å²) < 4.78 is 10.2. The molecule has 0 radical (unpaired) electrons. The second-order valence-corrected chi connectivity index (χ2v) is 5.14. The van der Waals surface area contributed by atoms with Gasteiger partial charge in [0.1, 0.15) is 5.75 Å². The molecule has 4 nitrogen and oxygen atoms in total. The molecule has 0 spiro atoms. The molecular formula is C15H10O4S. The third-order valence-electron chi connectivity index (χ3n) is 2.91. The highest BCUT2D eigenvalue weighted by Gasteiger charge is 2.28. The highest BCUT2D eigenvalue weighted by Crippen LogP contribution is 2.33. The van der Waals surface area contributed by atoms with Crippen LogP contribution in [0.5, 0.6) is 5.75 Å². The molecule has 0 atom stereocenters. The van der Waals surface area contributed by atoms with Crippen LogP contribution in [0.15, 0.2) is 41.5 Å². The minimum absolute atomic E-state index is 0.223. The molecule has 0 unspecified atom stereocenters. The maximum Gasteiger partial charge on any atom is 0.337 e. The molecule has 0 saturated carbocycles. The predicted octanol–water partition coefficient (Wildman–Crippen LogP) is 3.15. The predicted molar refractivity (Wildman–Crippen MR) is 75.0 cm³/mol. The van der Waals surface area contributed by atoms with Crippen molar-refractivity contribution in [2.75, 3.05) is 7.11 Å². The summed E-state index contributed by atoms with van der Waals surface area (Å²) in [6, 6.07) is 8.48. The van der Waals surface area contributed by atoms with Crippen molar-refractivity contribution in [3.63, 3.8) is 0 Å². The topological polar surface area (TPSA) is 52.6 Å². The molecule has 0 N–H and O–H groups in total. The van der Waals surface area contributed by atoms with Crippen LogP contribution in [-0.4, -0.2) is 18.9 Å². The lowest BCUT2D eigenvalue weighted by atomic mass is 10.1. The molecule has 0 saturated heterocycles. The third-order valence-corrected chi connectivity index (χ3v) is 3.72. The number of thiophene rings is 1. The Morgan fingerprint density at radius 3 is 2.90 bits per heavy atom. The van der Waals surface area contributed by atoms with E-state index in [-0.39, 0.29) is 11.5 Å². The Balaban J connectivity index is 1.97. The Morgan fingerprint density at radius 1 is 1.35 bits per heavy atom. The van der Waals surface area contributed by atoms with Crippen LogP contribution in [0.3, 0.4) is 0 Å². The Labute approximate surface area is 119 Å². The number of carbonyl (C=O) groups excluding carboxylic acids is 2. The molecule has 0 fully saturated rings. The molecule has 0 amide bonds. The lowest BCUT2D eigenvalue weighted by Gasteiger charge is -2.00. The molecule has 5 heteroatoms. The van der Waals surface area contributed by atoms with Gasteiger partial charge in [0.15, 0.2) is 5.76 Å². The van der Waals surface area contributed by atoms with Crippen LogP contribution in [0.4, 0.5) is 0 Å². The first kappa shape index (κ1) is 12.6. The summed E-state index contributed by atoms with van der Waals surface area (Å²) in [6.45, 7) is 0. The van der Waals surface area contributed by atoms with Crippen molar-refractivity contribution in [1.82, 2.24) is 0 Å². The van der Waals surface area contributed by atoms with Crippen LogP contribution in [0, 0.1) is 0 Å². The molecule has 1 aliphatic heterocycles. The van der Waals surface area contributed by atoms with Gasteiger partial charge in [0.2, 0.25) is 5.78 Å². The minimum Gasteiger partial charge on any atom is -0.465 e. The first-order chi connectivity index (χ1) is 9.69. The van der Waals surface area contributed by atoms with Crippen molar-refractivity contribution in [2.45, 2.75) is 0 Å². The number of ketones is 1. The number of fused-ring (bicyclic) bond motifs is 1. The first-order valence-corrected chi connectivity index (χ1v) is 6.77. The summed E-state index contributed by atoms with van der Waals surface area (Å²) in [4.78, 5) is 24.7. The second kappa shape index (κ2) is 4.94. The van der Waals surface area contributed by atoms with Gasteiger partial charge in [-0.2, -0.15) is 0 Å². The van der Waals surface area contributed by atoms with Crippen LogP contribution in [0.2, 0.25) is 0 Å². The van der Waals surface area contributed by atoms with E-state index in [9.17, 15) is 9.59 Å². The van der Waals surface area contributed by atoms with Crippen molar-refractivity contribution in [3.8, 4) is 5.75 Å². The Kier molecular flexibility index (Phi) is 3.12. The zero-order chi connectivity index (χ0) is 14.1. The largest absolute Gasteiger partial charge is 0.465 e. The van der Waals surface area contributed by atoms with Crippen molar-refractivity contribution in [3.05, 3.63) is 57.5 Å². The van der Waals surface area contributed by atoms with Crippen LogP contribution in [0.1, 0.15) is 25.6 Å². The molecule has 2 heterocycles. The van der Waals surface area contributed by atoms with Gasteiger partial charge in [-0.05, 0) is 29.6 Å². The minimum atomic E-state index is -0.476. The van der Waals surface area contributed by atoms with Gasteiger partial charge in [0.25, 0.3) is 0 Å². The fourth-order valence-corrected chi connectivity index (χ4v) is 2.58. The molecule has 1 aliphatic rings. The monoisotopic (exact) mass is 286 g/mol. The molecule has 2 aromatic rings. The Morgan fingerprint density at radius 2 is 2.20 bits per heavy atom. The molecule has 0 aliphatic carbocycles.